The van der Waals surface area contributed by atoms with Crippen LogP contribution in [0.25, 0.3) is 0 Å². The zero-order chi connectivity index (χ0) is 15.4. The molecule has 5 nitrogen and oxygen atoms in total. The quantitative estimate of drug-likeness (QED) is 0.898. The summed E-state index contributed by atoms with van der Waals surface area (Å²) in [6.45, 7) is 5.20. The minimum absolute atomic E-state index is 0.162. The van der Waals surface area contributed by atoms with Gasteiger partial charge in [0.05, 0.1) is 0 Å². The van der Waals surface area contributed by atoms with E-state index < -0.39 is 0 Å². The Kier molecular flexibility index (Phi) is 5.07. The SMILES string of the molecule is CC(C)N1CC(CNC(=O)Nc2ccc(Cl)cc2)CC1=O. The van der Waals surface area contributed by atoms with E-state index in [2.05, 4.69) is 10.6 Å². The molecular formula is C15H20ClN3O2. The van der Waals surface area contributed by atoms with Crippen LogP contribution in [-0.4, -0.2) is 36.0 Å². The standard InChI is InChI=1S/C15H20ClN3O2/c1-10(2)19-9-11(7-14(19)20)8-17-15(21)18-13-5-3-12(16)4-6-13/h3-6,10-11H,7-9H2,1-2H3,(H2,17,18,21). The first-order valence-corrected chi connectivity index (χ1v) is 7.43. The van der Waals surface area contributed by atoms with Crippen LogP contribution in [0, 0.1) is 5.92 Å². The summed E-state index contributed by atoms with van der Waals surface area (Å²) in [5.41, 5.74) is 0.684. The first-order chi connectivity index (χ1) is 9.95. The number of hydrogen-bond donors (Lipinski definition) is 2. The minimum Gasteiger partial charge on any atom is -0.340 e. The van der Waals surface area contributed by atoms with Gasteiger partial charge in [-0.3, -0.25) is 4.79 Å². The van der Waals surface area contributed by atoms with Crippen LogP contribution in [0.2, 0.25) is 5.02 Å². The van der Waals surface area contributed by atoms with E-state index in [9.17, 15) is 9.59 Å². The van der Waals surface area contributed by atoms with E-state index in [0.29, 0.717) is 30.2 Å². The van der Waals surface area contributed by atoms with Gasteiger partial charge in [-0.05, 0) is 38.1 Å². The Balaban J connectivity index is 1.77. The second-order valence-corrected chi connectivity index (χ2v) is 5.99. The van der Waals surface area contributed by atoms with Gasteiger partial charge >= 0.3 is 6.03 Å². The Bertz CT molecular complexity index is 516. The number of amides is 3. The number of hydrogen-bond acceptors (Lipinski definition) is 2. The molecule has 1 atom stereocenters. The van der Waals surface area contributed by atoms with Crippen molar-refractivity contribution in [2.45, 2.75) is 26.3 Å². The van der Waals surface area contributed by atoms with Gasteiger partial charge in [0.15, 0.2) is 0 Å². The zero-order valence-electron chi connectivity index (χ0n) is 12.2. The van der Waals surface area contributed by atoms with Crippen molar-refractivity contribution in [3.8, 4) is 0 Å². The molecule has 1 unspecified atom stereocenters. The molecule has 0 spiro atoms. The fraction of sp³-hybridized carbons (Fsp3) is 0.467. The Hall–Kier alpha value is -1.75. The van der Waals surface area contributed by atoms with Gasteiger partial charge in [-0.1, -0.05) is 11.6 Å². The van der Waals surface area contributed by atoms with Gasteiger partial charge in [0, 0.05) is 42.2 Å². The van der Waals surface area contributed by atoms with Crippen molar-refractivity contribution in [1.29, 1.82) is 0 Å². The van der Waals surface area contributed by atoms with Gasteiger partial charge in [-0.15, -0.1) is 0 Å². The fourth-order valence-corrected chi connectivity index (χ4v) is 2.52. The first kappa shape index (κ1) is 15.6. The molecule has 0 aromatic heterocycles. The van der Waals surface area contributed by atoms with E-state index in [0.717, 1.165) is 0 Å². The summed E-state index contributed by atoms with van der Waals surface area (Å²) >= 11 is 5.78. The second-order valence-electron chi connectivity index (χ2n) is 5.55. The average Bonchev–Trinajstić information content (AvgIpc) is 2.81. The van der Waals surface area contributed by atoms with Gasteiger partial charge < -0.3 is 15.5 Å². The van der Waals surface area contributed by atoms with Crippen molar-refractivity contribution < 1.29 is 9.59 Å². The van der Waals surface area contributed by atoms with Crippen molar-refractivity contribution in [3.05, 3.63) is 29.3 Å². The molecule has 1 aromatic rings. The lowest BCUT2D eigenvalue weighted by molar-refractivity contribution is -0.129. The van der Waals surface area contributed by atoms with Gasteiger partial charge in [0.2, 0.25) is 5.91 Å². The number of nitrogens with one attached hydrogen (secondary N) is 2. The molecule has 1 heterocycles. The van der Waals surface area contributed by atoms with E-state index >= 15 is 0 Å². The minimum atomic E-state index is -0.271. The van der Waals surface area contributed by atoms with Crippen molar-refractivity contribution in [2.75, 3.05) is 18.4 Å². The Morgan fingerprint density at radius 3 is 2.62 bits per heavy atom. The van der Waals surface area contributed by atoms with Crippen LogP contribution in [0.3, 0.4) is 0 Å². The van der Waals surface area contributed by atoms with Crippen molar-refractivity contribution >= 4 is 29.2 Å². The van der Waals surface area contributed by atoms with E-state index in [-0.39, 0.29) is 23.9 Å². The predicted molar refractivity (Wildman–Crippen MR) is 83.4 cm³/mol. The topological polar surface area (TPSA) is 61.4 Å². The molecule has 3 amide bonds. The summed E-state index contributed by atoms with van der Waals surface area (Å²) in [6.07, 6.45) is 0.499. The number of rotatable bonds is 4. The largest absolute Gasteiger partial charge is 0.340 e. The highest BCUT2D eigenvalue weighted by Gasteiger charge is 2.31. The molecule has 0 aliphatic carbocycles. The molecule has 114 valence electrons. The maximum atomic E-state index is 11.8. The summed E-state index contributed by atoms with van der Waals surface area (Å²) in [7, 11) is 0. The highest BCUT2D eigenvalue weighted by atomic mass is 35.5. The molecule has 1 saturated heterocycles. The van der Waals surface area contributed by atoms with E-state index in [1.165, 1.54) is 0 Å². The predicted octanol–water partition coefficient (Wildman–Crippen LogP) is 2.72. The molecule has 2 rings (SSSR count). The van der Waals surface area contributed by atoms with Crippen molar-refractivity contribution in [3.63, 3.8) is 0 Å². The van der Waals surface area contributed by atoms with Crippen LogP contribution in [0.15, 0.2) is 24.3 Å². The third-order valence-corrected chi connectivity index (χ3v) is 3.77. The second kappa shape index (κ2) is 6.80. The van der Waals surface area contributed by atoms with E-state index in [1.807, 2.05) is 18.7 Å². The number of carbonyl (C=O) groups is 2. The van der Waals surface area contributed by atoms with Crippen LogP contribution >= 0.6 is 11.6 Å². The maximum absolute atomic E-state index is 11.8. The highest BCUT2D eigenvalue weighted by molar-refractivity contribution is 6.30. The van der Waals surface area contributed by atoms with Crippen molar-refractivity contribution in [2.24, 2.45) is 5.92 Å². The van der Waals surface area contributed by atoms with E-state index in [4.69, 9.17) is 11.6 Å². The third kappa shape index (κ3) is 4.36. The number of nitrogens with zero attached hydrogens (tertiary/aromatic N) is 1. The van der Waals surface area contributed by atoms with E-state index in [1.54, 1.807) is 24.3 Å². The van der Waals surface area contributed by atoms with Gasteiger partial charge in [0.1, 0.15) is 0 Å². The molecule has 2 N–H and O–H groups in total. The molecule has 1 fully saturated rings. The van der Waals surface area contributed by atoms with Gasteiger partial charge in [0.25, 0.3) is 0 Å². The molecular weight excluding hydrogens is 290 g/mol. The lowest BCUT2D eigenvalue weighted by Gasteiger charge is -2.21. The first-order valence-electron chi connectivity index (χ1n) is 7.05. The molecule has 1 aliphatic rings. The number of halogens is 1. The third-order valence-electron chi connectivity index (χ3n) is 3.52. The smallest absolute Gasteiger partial charge is 0.319 e. The van der Waals surface area contributed by atoms with Crippen LogP contribution < -0.4 is 10.6 Å². The molecule has 0 radical (unpaired) electrons. The summed E-state index contributed by atoms with van der Waals surface area (Å²) in [6, 6.07) is 6.85. The molecule has 21 heavy (non-hydrogen) atoms. The summed E-state index contributed by atoms with van der Waals surface area (Å²) < 4.78 is 0. The van der Waals surface area contributed by atoms with Crippen LogP contribution in [0.4, 0.5) is 10.5 Å². The molecule has 0 bridgehead atoms. The number of likely N-dealkylation sites (tertiary alicyclic amines) is 1. The maximum Gasteiger partial charge on any atom is 0.319 e. The fourth-order valence-electron chi connectivity index (χ4n) is 2.39. The van der Waals surface area contributed by atoms with Crippen LogP contribution in [0.5, 0.6) is 0 Å². The number of urea groups is 1. The lowest BCUT2D eigenvalue weighted by atomic mass is 10.1. The summed E-state index contributed by atoms with van der Waals surface area (Å²) in [4.78, 5) is 25.4. The number of benzene rings is 1. The average molecular weight is 310 g/mol. The molecule has 1 aliphatic heterocycles. The van der Waals surface area contributed by atoms with Crippen LogP contribution in [-0.2, 0) is 4.79 Å². The van der Waals surface area contributed by atoms with Gasteiger partial charge in [-0.25, -0.2) is 4.79 Å². The number of carbonyl (C=O) groups excluding carboxylic acids is 2. The Morgan fingerprint density at radius 2 is 2.05 bits per heavy atom. The monoisotopic (exact) mass is 309 g/mol. The van der Waals surface area contributed by atoms with Crippen molar-refractivity contribution in [1.82, 2.24) is 10.2 Å². The summed E-state index contributed by atoms with van der Waals surface area (Å²) in [5.74, 6) is 0.339. The van der Waals surface area contributed by atoms with Crippen LogP contribution in [0.1, 0.15) is 20.3 Å². The highest BCUT2D eigenvalue weighted by Crippen LogP contribution is 2.19. The summed E-state index contributed by atoms with van der Waals surface area (Å²) in [5, 5.41) is 6.16. The normalized spacial score (nSPS) is 18.2. The molecule has 0 saturated carbocycles. The van der Waals surface area contributed by atoms with Gasteiger partial charge in [-0.2, -0.15) is 0 Å². The molecule has 6 heteroatoms. The Morgan fingerprint density at radius 1 is 1.38 bits per heavy atom. The Labute approximate surface area is 129 Å². The molecule has 1 aromatic carbocycles. The zero-order valence-corrected chi connectivity index (χ0v) is 13.0. The number of anilines is 1. The lowest BCUT2D eigenvalue weighted by Crippen LogP contribution is -2.35.